The van der Waals surface area contributed by atoms with E-state index in [4.69, 9.17) is 0 Å². The van der Waals surface area contributed by atoms with Crippen LogP contribution in [-0.4, -0.2) is 52.4 Å². The number of anilines is 1. The normalized spacial score (nSPS) is 13.8. The van der Waals surface area contributed by atoms with Crippen LogP contribution in [0.4, 0.5) is 10.5 Å². The number of rotatable bonds is 10. The quantitative estimate of drug-likeness (QED) is 0.219. The summed E-state index contributed by atoms with van der Waals surface area (Å²) >= 11 is 0. The molecule has 0 spiro atoms. The Bertz CT molecular complexity index is 801. The number of imide groups is 2. The highest BCUT2D eigenvalue weighted by atomic mass is 16.2. The first-order chi connectivity index (χ1) is 13.4. The summed E-state index contributed by atoms with van der Waals surface area (Å²) in [6, 6.07) is 5.32. The number of hydrogen-bond donors (Lipinski definition) is 1. The van der Waals surface area contributed by atoms with Gasteiger partial charge in [0.2, 0.25) is 5.91 Å². The number of amides is 5. The fourth-order valence-electron chi connectivity index (χ4n) is 2.71. The number of Topliss-reactive ketones (excluding diaryl/α,β-unsaturated/α-hetero) is 1. The van der Waals surface area contributed by atoms with Crippen LogP contribution < -0.4 is 5.32 Å². The van der Waals surface area contributed by atoms with Crippen LogP contribution in [0.25, 0.3) is 0 Å². The number of carbonyl (C=O) groups is 5. The van der Waals surface area contributed by atoms with Gasteiger partial charge in [-0.2, -0.15) is 0 Å². The molecular weight excluding hydrogens is 362 g/mol. The van der Waals surface area contributed by atoms with Gasteiger partial charge in [0.25, 0.3) is 0 Å². The molecule has 8 nitrogen and oxygen atoms in total. The van der Waals surface area contributed by atoms with E-state index in [9.17, 15) is 24.0 Å². The van der Waals surface area contributed by atoms with E-state index in [0.717, 1.165) is 24.2 Å². The van der Waals surface area contributed by atoms with Crippen molar-refractivity contribution in [1.29, 1.82) is 0 Å². The molecule has 0 aromatic heterocycles. The summed E-state index contributed by atoms with van der Waals surface area (Å²) in [4.78, 5) is 61.4. The van der Waals surface area contributed by atoms with E-state index in [1.54, 1.807) is 12.1 Å². The first-order valence-corrected chi connectivity index (χ1v) is 9.10. The Labute approximate surface area is 163 Å². The van der Waals surface area contributed by atoms with E-state index in [2.05, 4.69) is 18.8 Å². The number of benzene rings is 1. The number of nitrogens with one attached hydrogen (secondary N) is 1. The Kier molecular flexibility index (Phi) is 7.20. The van der Waals surface area contributed by atoms with Crippen molar-refractivity contribution in [2.24, 2.45) is 0 Å². The zero-order chi connectivity index (χ0) is 20.7. The van der Waals surface area contributed by atoms with Crippen molar-refractivity contribution in [3.63, 3.8) is 0 Å². The molecule has 0 atom stereocenters. The van der Waals surface area contributed by atoms with Gasteiger partial charge in [0.15, 0.2) is 5.78 Å². The second-order valence-electron chi connectivity index (χ2n) is 6.38. The van der Waals surface area contributed by atoms with Gasteiger partial charge in [0.05, 0.1) is 6.54 Å². The predicted molar refractivity (Wildman–Crippen MR) is 103 cm³/mol. The van der Waals surface area contributed by atoms with Crippen LogP contribution in [0.5, 0.6) is 0 Å². The summed E-state index contributed by atoms with van der Waals surface area (Å²) in [6.07, 6.45) is 4.59. The fourth-order valence-corrected chi connectivity index (χ4v) is 2.71. The summed E-state index contributed by atoms with van der Waals surface area (Å²) in [5.74, 6) is -2.59. The zero-order valence-corrected chi connectivity index (χ0v) is 15.8. The van der Waals surface area contributed by atoms with Crippen molar-refractivity contribution >= 4 is 35.2 Å². The van der Waals surface area contributed by atoms with E-state index >= 15 is 0 Å². The van der Waals surface area contributed by atoms with Crippen molar-refractivity contribution < 1.29 is 24.0 Å². The Morgan fingerprint density at radius 2 is 1.68 bits per heavy atom. The van der Waals surface area contributed by atoms with Crippen LogP contribution in [0.15, 0.2) is 36.9 Å². The first kappa shape index (κ1) is 21.0. The molecule has 148 valence electrons. The van der Waals surface area contributed by atoms with Crippen molar-refractivity contribution in [2.75, 3.05) is 18.4 Å². The van der Waals surface area contributed by atoms with E-state index in [-0.39, 0.29) is 18.0 Å². The highest BCUT2D eigenvalue weighted by Crippen LogP contribution is 2.15. The Balaban J connectivity index is 1.97. The Hall–Kier alpha value is -3.29. The molecule has 0 saturated carbocycles. The van der Waals surface area contributed by atoms with Gasteiger partial charge in [-0.15, -0.1) is 6.58 Å². The first-order valence-electron chi connectivity index (χ1n) is 9.10. The average molecular weight is 385 g/mol. The molecule has 1 aromatic rings. The number of hydrogen-bond acceptors (Lipinski definition) is 5. The molecule has 0 aliphatic carbocycles. The van der Waals surface area contributed by atoms with E-state index in [1.165, 1.54) is 18.2 Å². The lowest BCUT2D eigenvalue weighted by Crippen LogP contribution is -2.37. The molecule has 0 bridgehead atoms. The van der Waals surface area contributed by atoms with Gasteiger partial charge in [-0.3, -0.25) is 24.1 Å². The number of urea groups is 1. The van der Waals surface area contributed by atoms with E-state index < -0.39 is 30.2 Å². The maximum Gasteiger partial charge on any atom is 0.334 e. The minimum Gasteiger partial charge on any atom is -0.326 e. The molecule has 1 N–H and O–H groups in total. The fraction of sp³-hybridized carbons (Fsp3) is 0.350. The monoisotopic (exact) mass is 385 g/mol. The summed E-state index contributed by atoms with van der Waals surface area (Å²) < 4.78 is 0. The average Bonchev–Trinajstić information content (AvgIpc) is 2.87. The van der Waals surface area contributed by atoms with Gasteiger partial charge in [-0.1, -0.05) is 25.8 Å². The van der Waals surface area contributed by atoms with Crippen LogP contribution in [0.3, 0.4) is 0 Å². The maximum atomic E-state index is 12.4. The van der Waals surface area contributed by atoms with E-state index in [0.29, 0.717) is 17.0 Å². The summed E-state index contributed by atoms with van der Waals surface area (Å²) in [7, 11) is 0. The highest BCUT2D eigenvalue weighted by molar-refractivity contribution is 6.45. The molecular formula is C20H23N3O5. The van der Waals surface area contributed by atoms with Gasteiger partial charge in [-0.25, -0.2) is 9.69 Å². The molecule has 1 aromatic carbocycles. The van der Waals surface area contributed by atoms with Gasteiger partial charge in [-0.05, 0) is 30.7 Å². The molecule has 1 aliphatic rings. The van der Waals surface area contributed by atoms with Gasteiger partial charge in [0, 0.05) is 24.2 Å². The number of ketones is 1. The van der Waals surface area contributed by atoms with Crippen molar-refractivity contribution in [1.82, 2.24) is 9.80 Å². The largest absolute Gasteiger partial charge is 0.334 e. The molecule has 1 fully saturated rings. The molecule has 2 rings (SSSR count). The van der Waals surface area contributed by atoms with E-state index in [1.807, 2.05) is 0 Å². The topological polar surface area (TPSA) is 104 Å². The molecule has 1 heterocycles. The predicted octanol–water partition coefficient (Wildman–Crippen LogP) is 2.36. The minimum absolute atomic E-state index is 0.0957. The van der Waals surface area contributed by atoms with Crippen LogP contribution in [0, 0.1) is 0 Å². The standard InChI is InChI=1S/C20H23N3O5/c1-3-5-6-7-17(25)21-15-10-8-14(9-11-15)16(24)13-23-19(27)18(26)22(12-4-2)20(23)28/h4,8-11H,2-3,5-7,12-13H2,1H3,(H,21,25). The third-order valence-corrected chi connectivity index (χ3v) is 4.25. The highest BCUT2D eigenvalue weighted by Gasteiger charge is 2.44. The molecule has 28 heavy (non-hydrogen) atoms. The Morgan fingerprint density at radius 3 is 2.29 bits per heavy atom. The molecule has 0 radical (unpaired) electrons. The lowest BCUT2D eigenvalue weighted by atomic mass is 10.1. The summed E-state index contributed by atoms with van der Waals surface area (Å²) in [6.45, 7) is 4.86. The van der Waals surface area contributed by atoms with Crippen molar-refractivity contribution in [2.45, 2.75) is 32.6 Å². The third-order valence-electron chi connectivity index (χ3n) is 4.25. The SMILES string of the molecule is C=CCN1C(=O)C(=O)N(CC(=O)c2ccc(NC(=O)CCCCC)cc2)C1=O. The number of unbranched alkanes of at least 4 members (excludes halogenated alkanes) is 2. The van der Waals surface area contributed by atoms with Crippen LogP contribution >= 0.6 is 0 Å². The maximum absolute atomic E-state index is 12.4. The molecule has 5 amide bonds. The molecule has 1 saturated heterocycles. The molecule has 0 unspecified atom stereocenters. The van der Waals surface area contributed by atoms with Crippen LogP contribution in [-0.2, 0) is 14.4 Å². The van der Waals surface area contributed by atoms with Gasteiger partial charge >= 0.3 is 17.8 Å². The second kappa shape index (κ2) is 9.59. The molecule has 1 aliphatic heterocycles. The van der Waals surface area contributed by atoms with Crippen molar-refractivity contribution in [3.8, 4) is 0 Å². The van der Waals surface area contributed by atoms with Crippen molar-refractivity contribution in [3.05, 3.63) is 42.5 Å². The summed E-state index contributed by atoms with van der Waals surface area (Å²) in [5, 5.41) is 2.75. The van der Waals surface area contributed by atoms with Gasteiger partial charge in [0.1, 0.15) is 0 Å². The third kappa shape index (κ3) is 4.91. The second-order valence-corrected chi connectivity index (χ2v) is 6.38. The smallest absolute Gasteiger partial charge is 0.326 e. The lowest BCUT2D eigenvalue weighted by Gasteiger charge is -2.13. The number of nitrogens with zero attached hydrogens (tertiary/aromatic N) is 2. The summed E-state index contributed by atoms with van der Waals surface area (Å²) in [5.41, 5.74) is 0.818. The van der Waals surface area contributed by atoms with Gasteiger partial charge < -0.3 is 5.32 Å². The van der Waals surface area contributed by atoms with Crippen LogP contribution in [0.1, 0.15) is 43.0 Å². The Morgan fingerprint density at radius 1 is 1.04 bits per heavy atom. The lowest BCUT2D eigenvalue weighted by molar-refractivity contribution is -0.142. The minimum atomic E-state index is -1.03. The zero-order valence-electron chi connectivity index (χ0n) is 15.8. The number of carbonyl (C=O) groups excluding carboxylic acids is 5. The molecule has 8 heteroatoms. The van der Waals surface area contributed by atoms with Crippen LogP contribution in [0.2, 0.25) is 0 Å².